The van der Waals surface area contributed by atoms with Crippen molar-refractivity contribution in [2.45, 2.75) is 123 Å². The minimum absolute atomic E-state index is 0.107. The van der Waals surface area contributed by atoms with Crippen LogP contribution in [0.4, 0.5) is 22.2 Å². The fourth-order valence-corrected chi connectivity index (χ4v) is 9.96. The molecule has 1 saturated heterocycles. The molecule has 11 nitrogen and oxygen atoms in total. The molecule has 4 bridgehead atoms. The Bertz CT molecular complexity index is 1530. The highest BCUT2D eigenvalue weighted by atomic mass is 16.6. The van der Waals surface area contributed by atoms with E-state index in [0.717, 1.165) is 86.7 Å². The number of alkyl carbamates (subject to hydrolysis) is 1. The predicted molar refractivity (Wildman–Crippen MR) is 195 cm³/mol. The molecule has 8 rings (SSSR count). The van der Waals surface area contributed by atoms with E-state index in [-0.39, 0.29) is 6.54 Å². The molecule has 1 atom stereocenters. The molecule has 0 spiro atoms. The van der Waals surface area contributed by atoms with Gasteiger partial charge in [-0.1, -0.05) is 6.07 Å². The summed E-state index contributed by atoms with van der Waals surface area (Å²) < 4.78 is 11.4. The second-order valence-electron chi connectivity index (χ2n) is 17.0. The number of hydrogen-bond acceptors (Lipinski definition) is 10. The molecular formula is C39H57N7O4. The third kappa shape index (κ3) is 7.96. The average molecular weight is 688 g/mol. The van der Waals surface area contributed by atoms with Crippen LogP contribution in [-0.2, 0) is 20.7 Å². The summed E-state index contributed by atoms with van der Waals surface area (Å²) in [7, 11) is 0. The van der Waals surface area contributed by atoms with Gasteiger partial charge in [0.25, 0.3) is 0 Å². The number of fused-ring (bicyclic) bond motifs is 1. The Labute approximate surface area is 297 Å². The van der Waals surface area contributed by atoms with Crippen molar-refractivity contribution < 1.29 is 19.1 Å². The van der Waals surface area contributed by atoms with Crippen LogP contribution in [0.15, 0.2) is 12.1 Å². The Hall–Kier alpha value is -3.63. The number of nitrogens with one attached hydrogen (secondary N) is 3. The third-order valence-corrected chi connectivity index (χ3v) is 11.8. The monoisotopic (exact) mass is 687 g/mol. The number of amides is 1. The molecule has 0 unspecified atom stereocenters. The van der Waals surface area contributed by atoms with E-state index < -0.39 is 23.7 Å². The van der Waals surface area contributed by atoms with Crippen LogP contribution in [0.3, 0.4) is 0 Å². The number of rotatable bonds is 10. The van der Waals surface area contributed by atoms with Gasteiger partial charge in [0.05, 0.1) is 6.61 Å². The minimum Gasteiger partial charge on any atom is -0.458 e. The molecule has 1 amide bonds. The predicted octanol–water partition coefficient (Wildman–Crippen LogP) is 6.69. The van der Waals surface area contributed by atoms with Crippen LogP contribution in [0, 0.1) is 37.0 Å². The molecule has 4 aliphatic carbocycles. The van der Waals surface area contributed by atoms with Crippen molar-refractivity contribution in [3.8, 4) is 0 Å². The number of ether oxygens (including phenoxy) is 2. The highest BCUT2D eigenvalue weighted by Gasteiger charge is 2.50. The Balaban J connectivity index is 0.963. The maximum atomic E-state index is 13.3. The molecule has 0 radical (unpaired) electrons. The molecule has 2 aromatic rings. The topological polar surface area (TPSA) is 131 Å². The molecule has 4 heterocycles. The van der Waals surface area contributed by atoms with Crippen molar-refractivity contribution in [2.24, 2.45) is 23.2 Å². The second-order valence-corrected chi connectivity index (χ2v) is 17.0. The van der Waals surface area contributed by atoms with E-state index in [2.05, 4.69) is 33.0 Å². The van der Waals surface area contributed by atoms with E-state index in [0.29, 0.717) is 29.6 Å². The molecule has 11 heteroatoms. The van der Waals surface area contributed by atoms with Gasteiger partial charge in [-0.05, 0) is 140 Å². The molecule has 6 aliphatic rings. The highest BCUT2D eigenvalue weighted by molar-refractivity contribution is 5.82. The van der Waals surface area contributed by atoms with Crippen LogP contribution in [0.1, 0.15) is 114 Å². The highest BCUT2D eigenvalue weighted by Crippen LogP contribution is 2.61. The van der Waals surface area contributed by atoms with Gasteiger partial charge in [-0.3, -0.25) is 0 Å². The zero-order valence-corrected chi connectivity index (χ0v) is 30.8. The first-order chi connectivity index (χ1) is 23.9. The SMILES string of the molecule is Cc1nc(NC[C@H](NC(=O)OCCC23CC4CC(CC(C4)C2)C3)C(=O)OC(C)(C)C)c(C)c(N2CCC(c3ccc4c(n3)NCCC4)CC2)n1. The van der Waals surface area contributed by atoms with Crippen LogP contribution in [0.5, 0.6) is 0 Å². The zero-order chi connectivity index (χ0) is 35.0. The minimum atomic E-state index is -0.950. The number of pyridine rings is 1. The van der Waals surface area contributed by atoms with Crippen molar-refractivity contribution in [2.75, 3.05) is 48.3 Å². The first kappa shape index (κ1) is 34.8. The second kappa shape index (κ2) is 14.2. The fraction of sp³-hybridized carbons (Fsp3) is 0.718. The molecule has 2 aromatic heterocycles. The van der Waals surface area contributed by atoms with E-state index >= 15 is 0 Å². The lowest BCUT2D eigenvalue weighted by atomic mass is 9.49. The van der Waals surface area contributed by atoms with Crippen LogP contribution in [-0.4, -0.2) is 71.4 Å². The summed E-state index contributed by atoms with van der Waals surface area (Å²) in [4.78, 5) is 43.3. The number of carbonyl (C=O) groups is 2. The summed E-state index contributed by atoms with van der Waals surface area (Å²) in [5.74, 6) is 5.69. The van der Waals surface area contributed by atoms with Gasteiger partial charge in [-0.15, -0.1) is 0 Å². The molecule has 3 N–H and O–H groups in total. The van der Waals surface area contributed by atoms with Gasteiger partial charge in [0.15, 0.2) is 0 Å². The van der Waals surface area contributed by atoms with Gasteiger partial charge in [-0.25, -0.2) is 24.5 Å². The van der Waals surface area contributed by atoms with Crippen molar-refractivity contribution in [1.29, 1.82) is 0 Å². The smallest absolute Gasteiger partial charge is 0.407 e. The standard InChI is InChI=1S/C39H57N7O4/c1-24-33(42-25(2)43-35(24)46-14-10-29(11-15-46)31-9-8-30-7-6-13-40-34(30)44-31)41-23-32(36(47)50-38(3,4)5)45-37(48)49-16-12-39-20-26-17-27(21-39)19-28(18-26)22-39/h8-9,26-29,32H,6-7,10-23H2,1-5H3,(H,40,44)(H,45,48)(H,41,42,43)/t26?,27?,28?,32-,39?/m0/s1. The molecule has 0 aromatic carbocycles. The van der Waals surface area contributed by atoms with Crippen molar-refractivity contribution >= 4 is 29.5 Å². The van der Waals surface area contributed by atoms with Crippen LogP contribution in [0.25, 0.3) is 0 Å². The van der Waals surface area contributed by atoms with E-state index in [4.69, 9.17) is 24.4 Å². The van der Waals surface area contributed by atoms with Gasteiger partial charge < -0.3 is 30.3 Å². The molecule has 2 aliphatic heterocycles. The Morgan fingerprint density at radius 1 is 1.02 bits per heavy atom. The van der Waals surface area contributed by atoms with E-state index in [1.807, 2.05) is 34.6 Å². The zero-order valence-electron chi connectivity index (χ0n) is 30.8. The van der Waals surface area contributed by atoms with Crippen molar-refractivity contribution in [3.05, 3.63) is 34.8 Å². The van der Waals surface area contributed by atoms with Crippen LogP contribution >= 0.6 is 0 Å². The number of aromatic nitrogens is 3. The number of nitrogens with zero attached hydrogens (tertiary/aromatic N) is 4. The normalized spacial score (nSPS) is 26.5. The summed E-state index contributed by atoms with van der Waals surface area (Å²) in [6, 6.07) is 3.51. The van der Waals surface area contributed by atoms with Crippen LogP contribution in [0.2, 0.25) is 0 Å². The number of aryl methyl sites for hydroxylation is 2. The first-order valence-corrected chi connectivity index (χ1v) is 19.2. The van der Waals surface area contributed by atoms with Gasteiger partial charge >= 0.3 is 12.1 Å². The number of piperidine rings is 1. The maximum Gasteiger partial charge on any atom is 0.407 e. The Kier molecular flexibility index (Phi) is 9.87. The lowest BCUT2D eigenvalue weighted by molar-refractivity contribution is -0.156. The first-order valence-electron chi connectivity index (χ1n) is 19.2. The van der Waals surface area contributed by atoms with E-state index in [1.54, 1.807) is 0 Å². The number of hydrogen-bond donors (Lipinski definition) is 3. The maximum absolute atomic E-state index is 13.3. The van der Waals surface area contributed by atoms with E-state index in [1.165, 1.54) is 49.8 Å². The molecule has 50 heavy (non-hydrogen) atoms. The molecule has 272 valence electrons. The van der Waals surface area contributed by atoms with Gasteiger partial charge in [-0.2, -0.15) is 0 Å². The summed E-state index contributed by atoms with van der Waals surface area (Å²) in [5, 5.41) is 9.63. The number of esters is 1. The summed E-state index contributed by atoms with van der Waals surface area (Å²) in [6.45, 7) is 12.6. The van der Waals surface area contributed by atoms with Crippen molar-refractivity contribution in [1.82, 2.24) is 20.3 Å². The quantitative estimate of drug-likeness (QED) is 0.233. The lowest BCUT2D eigenvalue weighted by Crippen LogP contribution is -2.49. The molecule has 4 saturated carbocycles. The van der Waals surface area contributed by atoms with Gasteiger partial charge in [0.2, 0.25) is 0 Å². The average Bonchev–Trinajstić information content (AvgIpc) is 3.06. The summed E-state index contributed by atoms with van der Waals surface area (Å²) in [5.41, 5.74) is 3.02. The fourth-order valence-electron chi connectivity index (χ4n) is 9.96. The summed E-state index contributed by atoms with van der Waals surface area (Å²) >= 11 is 0. The number of carbonyl (C=O) groups excluding carboxylic acids is 2. The lowest BCUT2D eigenvalue weighted by Gasteiger charge is -2.57. The number of anilines is 3. The molecular weight excluding hydrogens is 630 g/mol. The molecule has 5 fully saturated rings. The Morgan fingerprint density at radius 3 is 2.40 bits per heavy atom. The van der Waals surface area contributed by atoms with Crippen molar-refractivity contribution in [3.63, 3.8) is 0 Å². The van der Waals surface area contributed by atoms with Gasteiger partial charge in [0, 0.05) is 43.4 Å². The van der Waals surface area contributed by atoms with Gasteiger partial charge in [0.1, 0.15) is 34.9 Å². The largest absolute Gasteiger partial charge is 0.458 e. The van der Waals surface area contributed by atoms with E-state index in [9.17, 15) is 9.59 Å². The van der Waals surface area contributed by atoms with Crippen LogP contribution < -0.4 is 20.9 Å². The third-order valence-electron chi connectivity index (χ3n) is 11.8. The Morgan fingerprint density at radius 2 is 1.72 bits per heavy atom. The summed E-state index contributed by atoms with van der Waals surface area (Å²) in [6.07, 6.45) is 12.5.